The number of carbonyl (C=O) groups excluding carboxylic acids is 3. The number of aliphatic hydroxyl groups is 2. The summed E-state index contributed by atoms with van der Waals surface area (Å²) >= 11 is 0. The smallest absolute Gasteiger partial charge is 0.463 e. The molecule has 0 radical (unpaired) electrons. The quantitative estimate of drug-likeness (QED) is 0.0146. The Morgan fingerprint density at radius 1 is 0.305 bits per heavy atom. The van der Waals surface area contributed by atoms with E-state index in [0.717, 1.165) is 161 Å². The molecule has 0 fully saturated rings. The van der Waals surface area contributed by atoms with E-state index in [9.17, 15) is 43.5 Å². The number of carbonyl (C=O) groups is 3. The number of unbranched alkanes of at least 4 members (excludes halogenated alkanes) is 14. The number of rotatable bonds is 65. The summed E-state index contributed by atoms with van der Waals surface area (Å²) in [6, 6.07) is 0. The van der Waals surface area contributed by atoms with Gasteiger partial charge >= 0.3 is 33.6 Å². The molecule has 0 aromatic rings. The van der Waals surface area contributed by atoms with Crippen molar-refractivity contribution >= 4 is 33.6 Å². The van der Waals surface area contributed by atoms with Gasteiger partial charge in [0.1, 0.15) is 25.4 Å². The van der Waals surface area contributed by atoms with Crippen molar-refractivity contribution in [1.82, 2.24) is 0 Å². The van der Waals surface area contributed by atoms with Gasteiger partial charge < -0.3 is 34.2 Å². The molecule has 0 aliphatic rings. The minimum absolute atomic E-state index is 0.0743. The summed E-state index contributed by atoms with van der Waals surface area (Å²) in [5.41, 5.74) is 0. The van der Waals surface area contributed by atoms with Crippen molar-refractivity contribution in [3.63, 3.8) is 0 Å². The van der Waals surface area contributed by atoms with Gasteiger partial charge in [0, 0.05) is 19.3 Å². The second-order valence-corrected chi connectivity index (χ2v) is 25.8. The number of phosphoric acid groups is 2. The highest BCUT2D eigenvalue weighted by Gasteiger charge is 2.29. The minimum Gasteiger partial charge on any atom is -0.463 e. The molecule has 0 rings (SSSR count). The minimum atomic E-state index is -4.95. The molecule has 538 valence electrons. The molecule has 0 aromatic carbocycles. The lowest BCUT2D eigenvalue weighted by Gasteiger charge is -2.21. The summed E-state index contributed by atoms with van der Waals surface area (Å²) in [5.74, 6) is -1.68. The van der Waals surface area contributed by atoms with Gasteiger partial charge in [0.05, 0.1) is 26.4 Å². The lowest BCUT2D eigenvalue weighted by molar-refractivity contribution is -0.161. The van der Waals surface area contributed by atoms with E-state index < -0.39 is 91.5 Å². The van der Waals surface area contributed by atoms with E-state index in [0.29, 0.717) is 19.3 Å². The second kappa shape index (κ2) is 68.8. The lowest BCUT2D eigenvalue weighted by Crippen LogP contribution is -2.30. The molecule has 0 bridgehead atoms. The van der Waals surface area contributed by atoms with Crippen LogP contribution in [-0.4, -0.2) is 95.9 Å². The van der Waals surface area contributed by atoms with Crippen LogP contribution in [0.4, 0.5) is 0 Å². The van der Waals surface area contributed by atoms with Crippen molar-refractivity contribution in [2.45, 2.75) is 257 Å². The van der Waals surface area contributed by atoms with E-state index in [2.05, 4.69) is 191 Å². The van der Waals surface area contributed by atoms with Crippen molar-refractivity contribution in [3.05, 3.63) is 170 Å². The number of aliphatic hydroxyl groups excluding tert-OH is 2. The van der Waals surface area contributed by atoms with Crippen LogP contribution in [0.1, 0.15) is 239 Å². The van der Waals surface area contributed by atoms with E-state index in [1.54, 1.807) is 0 Å². The van der Waals surface area contributed by atoms with Gasteiger partial charge in [0.25, 0.3) is 0 Å². The van der Waals surface area contributed by atoms with Crippen LogP contribution < -0.4 is 0 Å². The van der Waals surface area contributed by atoms with Gasteiger partial charge in [-0.15, -0.1) is 0 Å². The number of hydrogen-bond donors (Lipinski definition) is 4. The molecule has 0 aliphatic heterocycles. The summed E-state index contributed by atoms with van der Waals surface area (Å²) < 4.78 is 60.9. The summed E-state index contributed by atoms with van der Waals surface area (Å²) in [7, 11) is -9.82. The molecule has 5 unspecified atom stereocenters. The summed E-state index contributed by atoms with van der Waals surface area (Å²) in [6.45, 7) is 2.28. The van der Waals surface area contributed by atoms with Gasteiger partial charge in [0.2, 0.25) is 0 Å². The van der Waals surface area contributed by atoms with Crippen molar-refractivity contribution < 1.29 is 75.8 Å². The monoisotopic (exact) mass is 1370 g/mol. The number of phosphoric ester groups is 2. The predicted molar refractivity (Wildman–Crippen MR) is 389 cm³/mol. The van der Waals surface area contributed by atoms with Gasteiger partial charge in [0.15, 0.2) is 6.10 Å². The van der Waals surface area contributed by atoms with Crippen LogP contribution >= 0.6 is 15.6 Å². The first-order valence-corrected chi connectivity index (χ1v) is 38.4. The molecule has 4 N–H and O–H groups in total. The molecule has 0 aromatic heterocycles. The van der Waals surface area contributed by atoms with E-state index >= 15 is 0 Å². The lowest BCUT2D eigenvalue weighted by atomic mass is 10.1. The number of allylic oxidation sites excluding steroid dienone is 28. The SMILES string of the molecule is CC/C=C\C/C=C\C/C=C\C/C=C\C/C=C\C/C=C\CCCCC(=O)OCC(O)COP(=O)(O)OCC(O)COP(=O)(O)OCC(COC(=O)CCCCC/C=C\C/C=C\C/C=C\C/C=C\C/C=C\CC)OC(=O)CCCCCCCC/C=C\C/C=C\C/C=C\CCCCC. The van der Waals surface area contributed by atoms with E-state index in [4.69, 9.17) is 32.3 Å². The van der Waals surface area contributed by atoms with Crippen molar-refractivity contribution in [1.29, 1.82) is 0 Å². The van der Waals surface area contributed by atoms with Crippen molar-refractivity contribution in [3.8, 4) is 0 Å². The van der Waals surface area contributed by atoms with Crippen LogP contribution in [0.5, 0.6) is 0 Å². The molecule has 5 atom stereocenters. The maximum Gasteiger partial charge on any atom is 0.472 e. The Bertz CT molecular complexity index is 2410. The molecule has 0 amide bonds. The highest BCUT2D eigenvalue weighted by molar-refractivity contribution is 7.47. The normalized spacial score (nSPS) is 15.1. The first-order chi connectivity index (χ1) is 46.2. The first-order valence-electron chi connectivity index (χ1n) is 35.4. The standard InChI is InChI=1S/C77H124O16P2/c1-4-7-10-13-16-19-22-25-28-31-34-35-38-40-42-45-48-51-54-57-60-63-75(80)87-66-72(78)67-89-94(83,84)90-68-73(79)69-91-95(85,86)92-71-74(93-77(82)65-62-59-56-53-50-47-44-41-37-33-30-27-24-21-18-15-12-9-6-3)70-88-76(81)64-61-58-55-52-49-46-43-39-36-32-29-26-23-20-17-14-11-8-5-2/h7-8,10-11,16-21,25-30,34-37,39-42,46,48-49,51,72-74,78-79H,4-6,9,12-15,22-24,31-33,38,43-45,47,50,52-71H2,1-3H3,(H,83,84)(H,85,86)/b10-7-,11-8-,19-16-,20-17-,21-18-,28-25-,29-26-,30-27-,35-34-,39-36-,41-37-,42-40-,49-46-,51-48-. The summed E-state index contributed by atoms with van der Waals surface area (Å²) in [6.07, 6.45) is 85.4. The molecule has 18 heteroatoms. The summed E-state index contributed by atoms with van der Waals surface area (Å²) in [4.78, 5) is 58.5. The molecular weight excluding hydrogens is 1240 g/mol. The third-order valence-corrected chi connectivity index (χ3v) is 15.8. The van der Waals surface area contributed by atoms with Crippen LogP contribution in [0, 0.1) is 0 Å². The van der Waals surface area contributed by atoms with Gasteiger partial charge in [-0.05, 0) is 154 Å². The van der Waals surface area contributed by atoms with E-state index in [1.165, 1.54) is 19.3 Å². The third-order valence-electron chi connectivity index (χ3n) is 13.9. The first kappa shape index (κ1) is 89.9. The highest BCUT2D eigenvalue weighted by Crippen LogP contribution is 2.45. The topological polar surface area (TPSA) is 231 Å². The Morgan fingerprint density at radius 2 is 0.558 bits per heavy atom. The van der Waals surface area contributed by atoms with Crippen LogP contribution in [0.25, 0.3) is 0 Å². The average Bonchev–Trinajstić information content (AvgIpc) is 1.70. The van der Waals surface area contributed by atoms with Crippen molar-refractivity contribution in [2.75, 3.05) is 39.6 Å². The molecule has 0 saturated heterocycles. The van der Waals surface area contributed by atoms with E-state index in [1.807, 2.05) is 0 Å². The Kier molecular flexibility index (Phi) is 65.1. The average molecular weight is 1370 g/mol. The Labute approximate surface area is 573 Å². The summed E-state index contributed by atoms with van der Waals surface area (Å²) in [5, 5.41) is 20.6. The zero-order valence-electron chi connectivity index (χ0n) is 58.3. The van der Waals surface area contributed by atoms with Crippen LogP contribution in [0.3, 0.4) is 0 Å². The zero-order valence-corrected chi connectivity index (χ0v) is 60.1. The maximum absolute atomic E-state index is 13.0. The molecule has 0 saturated carbocycles. The largest absolute Gasteiger partial charge is 0.472 e. The second-order valence-electron chi connectivity index (χ2n) is 22.9. The van der Waals surface area contributed by atoms with E-state index in [-0.39, 0.29) is 19.3 Å². The Hall–Kier alpha value is -5.09. The van der Waals surface area contributed by atoms with Crippen LogP contribution in [0.2, 0.25) is 0 Å². The predicted octanol–water partition coefficient (Wildman–Crippen LogP) is 20.1. The molecule has 16 nitrogen and oxygen atoms in total. The Balaban J connectivity index is 4.82. The van der Waals surface area contributed by atoms with Crippen LogP contribution in [-0.2, 0) is 55.8 Å². The van der Waals surface area contributed by atoms with Gasteiger partial charge in [-0.1, -0.05) is 236 Å². The molecule has 95 heavy (non-hydrogen) atoms. The van der Waals surface area contributed by atoms with Crippen LogP contribution in [0.15, 0.2) is 170 Å². The third kappa shape index (κ3) is 70.1. The molecule has 0 aliphatic carbocycles. The zero-order chi connectivity index (χ0) is 69.5. The molecule has 0 spiro atoms. The number of hydrogen-bond acceptors (Lipinski definition) is 14. The highest BCUT2D eigenvalue weighted by atomic mass is 31.2. The molecular formula is C77H124O16P2. The van der Waals surface area contributed by atoms with Gasteiger partial charge in [-0.2, -0.15) is 0 Å². The van der Waals surface area contributed by atoms with Crippen molar-refractivity contribution in [2.24, 2.45) is 0 Å². The van der Waals surface area contributed by atoms with Gasteiger partial charge in [-0.25, -0.2) is 9.13 Å². The fraction of sp³-hybridized carbons (Fsp3) is 0.597. The Morgan fingerprint density at radius 3 is 0.916 bits per heavy atom. The number of esters is 3. The fourth-order valence-electron chi connectivity index (χ4n) is 8.55. The maximum atomic E-state index is 13.0. The number of ether oxygens (including phenoxy) is 3. The van der Waals surface area contributed by atoms with Gasteiger partial charge in [-0.3, -0.25) is 32.5 Å². The molecule has 0 heterocycles. The fourth-order valence-corrected chi connectivity index (χ4v) is 10.1.